The minimum absolute atomic E-state index is 0.0767. The molecule has 0 unspecified atom stereocenters. The Bertz CT molecular complexity index is 1380. The molecule has 0 aromatic heterocycles. The van der Waals surface area contributed by atoms with Crippen LogP contribution >= 0.6 is 0 Å². The molecule has 0 fully saturated rings. The molecule has 0 heterocycles. The molecule has 3 aromatic rings. The van der Waals surface area contributed by atoms with Gasteiger partial charge in [-0.25, -0.2) is 4.31 Å². The molecule has 0 aliphatic heterocycles. The summed E-state index contributed by atoms with van der Waals surface area (Å²) in [6.07, 6.45) is 0.256. The fraction of sp³-hybridized carbons (Fsp3) is 0.355. The molecule has 0 bridgehead atoms. The molecule has 0 spiro atoms. The summed E-state index contributed by atoms with van der Waals surface area (Å²) in [5.74, 6) is 0.000728. The second-order valence-corrected chi connectivity index (χ2v) is 12.4. The second-order valence-electron chi connectivity index (χ2n) is 10.4. The van der Waals surface area contributed by atoms with Gasteiger partial charge in [0.2, 0.25) is 11.8 Å². The Labute approximate surface area is 243 Å². The van der Waals surface area contributed by atoms with E-state index >= 15 is 0 Å². The fourth-order valence-electron chi connectivity index (χ4n) is 4.26. The number of benzene rings is 3. The second kappa shape index (κ2) is 14.7. The Morgan fingerprint density at radius 3 is 2.07 bits per heavy atom. The van der Waals surface area contributed by atoms with Gasteiger partial charge in [0.1, 0.15) is 18.3 Å². The SMILES string of the molecule is COc1cccc(CN(C(=O)CN(c2ccccc2)S(=O)(=O)N(C)C)[C@H](Cc2ccccc2)C(=O)NCC(C)C)c1. The van der Waals surface area contributed by atoms with Gasteiger partial charge >= 0.3 is 10.2 Å². The van der Waals surface area contributed by atoms with E-state index in [2.05, 4.69) is 5.32 Å². The summed E-state index contributed by atoms with van der Waals surface area (Å²) in [7, 11) is 0.363. The van der Waals surface area contributed by atoms with Crippen molar-refractivity contribution >= 4 is 27.7 Å². The van der Waals surface area contributed by atoms with Crippen molar-refractivity contribution < 1.29 is 22.7 Å². The molecular weight excluding hydrogens is 540 g/mol. The van der Waals surface area contributed by atoms with Crippen LogP contribution in [0.15, 0.2) is 84.9 Å². The number of carbonyl (C=O) groups excluding carboxylic acids is 2. The maximum absolute atomic E-state index is 14.2. The molecule has 10 heteroatoms. The van der Waals surface area contributed by atoms with Gasteiger partial charge in [0, 0.05) is 33.6 Å². The summed E-state index contributed by atoms with van der Waals surface area (Å²) in [5, 5.41) is 2.98. The molecule has 0 aliphatic rings. The molecule has 3 aromatic carbocycles. The van der Waals surface area contributed by atoms with Crippen molar-refractivity contribution in [3.05, 3.63) is 96.1 Å². The van der Waals surface area contributed by atoms with Gasteiger partial charge in [-0.2, -0.15) is 12.7 Å². The highest BCUT2D eigenvalue weighted by molar-refractivity contribution is 7.90. The summed E-state index contributed by atoms with van der Waals surface area (Å²) in [5.41, 5.74) is 1.97. The minimum atomic E-state index is -4.03. The number of rotatable bonds is 14. The highest BCUT2D eigenvalue weighted by Gasteiger charge is 2.34. The van der Waals surface area contributed by atoms with Crippen molar-refractivity contribution in [3.8, 4) is 5.75 Å². The van der Waals surface area contributed by atoms with Crippen LogP contribution in [0.2, 0.25) is 0 Å². The molecule has 9 nitrogen and oxygen atoms in total. The highest BCUT2D eigenvalue weighted by atomic mass is 32.2. The molecule has 0 radical (unpaired) electrons. The van der Waals surface area contributed by atoms with Crippen LogP contribution in [0.25, 0.3) is 0 Å². The molecule has 1 atom stereocenters. The third-order valence-electron chi connectivity index (χ3n) is 6.51. The fourth-order valence-corrected chi connectivity index (χ4v) is 5.31. The molecule has 220 valence electrons. The van der Waals surface area contributed by atoms with Crippen LogP contribution in [-0.4, -0.2) is 69.8 Å². The summed E-state index contributed by atoms with van der Waals surface area (Å²) >= 11 is 0. The van der Waals surface area contributed by atoms with E-state index in [4.69, 9.17) is 4.74 Å². The quantitative estimate of drug-likeness (QED) is 0.313. The van der Waals surface area contributed by atoms with Gasteiger partial charge in [-0.05, 0) is 41.3 Å². The highest BCUT2D eigenvalue weighted by Crippen LogP contribution is 2.22. The lowest BCUT2D eigenvalue weighted by molar-refractivity contribution is -0.140. The van der Waals surface area contributed by atoms with E-state index in [1.165, 1.54) is 19.0 Å². The number of para-hydroxylation sites is 1. The number of nitrogens with zero attached hydrogens (tertiary/aromatic N) is 3. The number of nitrogens with one attached hydrogen (secondary N) is 1. The topological polar surface area (TPSA) is 99.3 Å². The van der Waals surface area contributed by atoms with Crippen LogP contribution in [0, 0.1) is 5.92 Å². The van der Waals surface area contributed by atoms with Crippen molar-refractivity contribution in [2.75, 3.05) is 38.6 Å². The molecule has 1 N–H and O–H groups in total. The van der Waals surface area contributed by atoms with Crippen LogP contribution in [0.4, 0.5) is 5.69 Å². The lowest BCUT2D eigenvalue weighted by Crippen LogP contribution is -2.54. The Morgan fingerprint density at radius 1 is 0.878 bits per heavy atom. The van der Waals surface area contributed by atoms with E-state index in [1.54, 1.807) is 49.6 Å². The Hall–Kier alpha value is -3.89. The van der Waals surface area contributed by atoms with E-state index in [9.17, 15) is 18.0 Å². The van der Waals surface area contributed by atoms with Gasteiger partial charge in [-0.1, -0.05) is 74.5 Å². The predicted molar refractivity (Wildman–Crippen MR) is 162 cm³/mol. The van der Waals surface area contributed by atoms with Crippen molar-refractivity contribution in [2.24, 2.45) is 5.92 Å². The Balaban J connectivity index is 2.08. The number of ether oxygens (including phenoxy) is 1. The van der Waals surface area contributed by atoms with Crippen LogP contribution in [0.5, 0.6) is 5.75 Å². The van der Waals surface area contributed by atoms with Crippen LogP contribution in [0.3, 0.4) is 0 Å². The summed E-state index contributed by atoms with van der Waals surface area (Å²) in [4.78, 5) is 29.4. The minimum Gasteiger partial charge on any atom is -0.497 e. The van der Waals surface area contributed by atoms with Gasteiger partial charge in [0.05, 0.1) is 12.8 Å². The summed E-state index contributed by atoms with van der Waals surface area (Å²) in [6.45, 7) is 4.02. The van der Waals surface area contributed by atoms with Gasteiger partial charge < -0.3 is 15.0 Å². The third-order valence-corrected chi connectivity index (χ3v) is 8.33. The number of amides is 2. The molecule has 3 rings (SSSR count). The first-order valence-corrected chi connectivity index (χ1v) is 14.9. The van der Waals surface area contributed by atoms with E-state index in [0.717, 1.165) is 19.7 Å². The first kappa shape index (κ1) is 31.6. The van der Waals surface area contributed by atoms with Crippen LogP contribution in [0.1, 0.15) is 25.0 Å². The zero-order valence-corrected chi connectivity index (χ0v) is 25.2. The molecule has 0 saturated carbocycles. The smallest absolute Gasteiger partial charge is 0.304 e. The number of hydrogen-bond acceptors (Lipinski definition) is 5. The van der Waals surface area contributed by atoms with E-state index in [1.807, 2.05) is 56.3 Å². The molecule has 0 saturated heterocycles. The average molecular weight is 581 g/mol. The number of anilines is 1. The van der Waals surface area contributed by atoms with Crippen molar-refractivity contribution in [3.63, 3.8) is 0 Å². The Kier molecular flexibility index (Phi) is 11.3. The largest absolute Gasteiger partial charge is 0.497 e. The molecule has 2 amide bonds. The maximum atomic E-state index is 14.2. The normalized spacial score (nSPS) is 12.2. The molecular formula is C31H40N4O5S. The first-order valence-electron chi connectivity index (χ1n) is 13.5. The molecule has 41 heavy (non-hydrogen) atoms. The summed E-state index contributed by atoms with van der Waals surface area (Å²) in [6, 6.07) is 24.3. The van der Waals surface area contributed by atoms with Crippen LogP contribution < -0.4 is 14.4 Å². The average Bonchev–Trinajstić information content (AvgIpc) is 2.97. The monoisotopic (exact) mass is 580 g/mol. The van der Waals surface area contributed by atoms with Crippen molar-refractivity contribution in [1.82, 2.24) is 14.5 Å². The van der Waals surface area contributed by atoms with Crippen LogP contribution in [-0.2, 0) is 32.8 Å². The zero-order chi connectivity index (χ0) is 30.0. The van der Waals surface area contributed by atoms with E-state index < -0.39 is 28.7 Å². The summed E-state index contributed by atoms with van der Waals surface area (Å²) < 4.78 is 34.3. The van der Waals surface area contributed by atoms with Gasteiger partial charge in [-0.3, -0.25) is 9.59 Å². The number of hydrogen-bond donors (Lipinski definition) is 1. The maximum Gasteiger partial charge on any atom is 0.304 e. The number of methoxy groups -OCH3 is 1. The first-order chi connectivity index (χ1) is 19.5. The van der Waals surface area contributed by atoms with Gasteiger partial charge in [0.25, 0.3) is 0 Å². The van der Waals surface area contributed by atoms with E-state index in [-0.39, 0.29) is 24.8 Å². The van der Waals surface area contributed by atoms with Crippen molar-refractivity contribution in [2.45, 2.75) is 32.9 Å². The third kappa shape index (κ3) is 8.80. The Morgan fingerprint density at radius 2 is 1.49 bits per heavy atom. The predicted octanol–water partition coefficient (Wildman–Crippen LogP) is 3.72. The lowest BCUT2D eigenvalue weighted by Gasteiger charge is -2.34. The zero-order valence-electron chi connectivity index (χ0n) is 24.4. The van der Waals surface area contributed by atoms with E-state index in [0.29, 0.717) is 18.0 Å². The standard InChI is InChI=1S/C31H40N4O5S/c1-24(2)21-32-31(37)29(20-25-13-8-6-9-14-25)34(22-26-15-12-18-28(19-26)40-5)30(36)23-35(41(38,39)33(3)4)27-16-10-7-11-17-27/h6-19,24,29H,20-23H2,1-5H3,(H,32,37)/t29-/m1/s1. The lowest BCUT2D eigenvalue weighted by atomic mass is 10.0. The number of carbonyl (C=O) groups is 2. The van der Waals surface area contributed by atoms with Crippen molar-refractivity contribution in [1.29, 1.82) is 0 Å². The van der Waals surface area contributed by atoms with Gasteiger partial charge in [-0.15, -0.1) is 0 Å². The van der Waals surface area contributed by atoms with Gasteiger partial charge in [0.15, 0.2) is 0 Å². The molecule has 0 aliphatic carbocycles.